The number of hydrogen-bond acceptors (Lipinski definition) is 3. The highest BCUT2D eigenvalue weighted by atomic mass is 16.5. The molecular formula is C15H30N2O. The van der Waals surface area contributed by atoms with Gasteiger partial charge in [0.15, 0.2) is 0 Å². The smallest absolute Gasteiger partial charge is 0.0599 e. The van der Waals surface area contributed by atoms with E-state index in [1.54, 1.807) is 0 Å². The molecule has 2 aliphatic rings. The molecule has 4 unspecified atom stereocenters. The van der Waals surface area contributed by atoms with Crippen molar-refractivity contribution in [3.8, 4) is 0 Å². The van der Waals surface area contributed by atoms with E-state index in [4.69, 9.17) is 10.5 Å². The van der Waals surface area contributed by atoms with Gasteiger partial charge < -0.3 is 10.5 Å². The fourth-order valence-corrected chi connectivity index (χ4v) is 4.13. The number of hydrogen-bond donors (Lipinski definition) is 1. The van der Waals surface area contributed by atoms with E-state index in [1.807, 2.05) is 7.11 Å². The van der Waals surface area contributed by atoms with Crippen LogP contribution in [-0.2, 0) is 4.74 Å². The van der Waals surface area contributed by atoms with Crippen LogP contribution >= 0.6 is 0 Å². The molecule has 0 aromatic carbocycles. The van der Waals surface area contributed by atoms with Gasteiger partial charge in [0, 0.05) is 32.3 Å². The van der Waals surface area contributed by atoms with Gasteiger partial charge in [-0.1, -0.05) is 13.8 Å². The molecule has 3 nitrogen and oxygen atoms in total. The number of likely N-dealkylation sites (tertiary alicyclic amines) is 1. The van der Waals surface area contributed by atoms with Gasteiger partial charge in [-0.05, 0) is 43.9 Å². The summed E-state index contributed by atoms with van der Waals surface area (Å²) in [6.07, 6.45) is 6.83. The lowest BCUT2D eigenvalue weighted by atomic mass is 9.78. The van der Waals surface area contributed by atoms with Crippen molar-refractivity contribution >= 4 is 0 Å². The quantitative estimate of drug-likeness (QED) is 0.839. The molecule has 1 heterocycles. The summed E-state index contributed by atoms with van der Waals surface area (Å²) in [5, 5.41) is 0. The van der Waals surface area contributed by atoms with Crippen molar-refractivity contribution in [2.75, 3.05) is 20.2 Å². The maximum Gasteiger partial charge on any atom is 0.0599 e. The van der Waals surface area contributed by atoms with E-state index in [-0.39, 0.29) is 0 Å². The van der Waals surface area contributed by atoms with Crippen LogP contribution in [-0.4, -0.2) is 43.3 Å². The molecule has 2 rings (SSSR count). The van der Waals surface area contributed by atoms with Crippen molar-refractivity contribution in [2.24, 2.45) is 17.6 Å². The molecule has 18 heavy (non-hydrogen) atoms. The molecule has 4 atom stereocenters. The lowest BCUT2D eigenvalue weighted by Gasteiger charge is -2.46. The van der Waals surface area contributed by atoms with Crippen LogP contribution in [0.2, 0.25) is 0 Å². The number of nitrogens with two attached hydrogens (primary N) is 1. The Morgan fingerprint density at radius 2 is 1.78 bits per heavy atom. The van der Waals surface area contributed by atoms with Crippen LogP contribution in [0.3, 0.4) is 0 Å². The van der Waals surface area contributed by atoms with Crippen LogP contribution in [0.5, 0.6) is 0 Å². The number of piperidine rings is 1. The van der Waals surface area contributed by atoms with Crippen molar-refractivity contribution in [3.05, 3.63) is 0 Å². The molecule has 2 N–H and O–H groups in total. The topological polar surface area (TPSA) is 38.5 Å². The van der Waals surface area contributed by atoms with Gasteiger partial charge in [0.05, 0.1) is 6.10 Å². The zero-order chi connectivity index (χ0) is 13.1. The summed E-state index contributed by atoms with van der Waals surface area (Å²) in [4.78, 5) is 2.70. The second kappa shape index (κ2) is 6.36. The molecule has 1 saturated carbocycles. The maximum absolute atomic E-state index is 5.99. The zero-order valence-electron chi connectivity index (χ0n) is 12.3. The minimum Gasteiger partial charge on any atom is -0.381 e. The van der Waals surface area contributed by atoms with Crippen LogP contribution in [0.25, 0.3) is 0 Å². The third-order valence-corrected chi connectivity index (χ3v) is 4.94. The Labute approximate surface area is 112 Å². The van der Waals surface area contributed by atoms with E-state index in [0.29, 0.717) is 12.1 Å². The third kappa shape index (κ3) is 3.25. The number of methoxy groups -OCH3 is 1. The Morgan fingerprint density at radius 3 is 2.33 bits per heavy atom. The predicted molar refractivity (Wildman–Crippen MR) is 75.5 cm³/mol. The van der Waals surface area contributed by atoms with Crippen LogP contribution in [0, 0.1) is 11.8 Å². The summed E-state index contributed by atoms with van der Waals surface area (Å²) >= 11 is 0. The van der Waals surface area contributed by atoms with Gasteiger partial charge in [0.1, 0.15) is 0 Å². The molecule has 0 aromatic heterocycles. The summed E-state index contributed by atoms with van der Waals surface area (Å²) in [6, 6.07) is 1.29. The second-order valence-electron chi connectivity index (χ2n) is 6.58. The largest absolute Gasteiger partial charge is 0.381 e. The van der Waals surface area contributed by atoms with E-state index < -0.39 is 0 Å². The average molecular weight is 254 g/mol. The molecular weight excluding hydrogens is 224 g/mol. The monoisotopic (exact) mass is 254 g/mol. The Hall–Kier alpha value is -0.120. The number of ether oxygens (including phenoxy) is 1. The first kappa shape index (κ1) is 14.3. The fourth-order valence-electron chi connectivity index (χ4n) is 4.13. The van der Waals surface area contributed by atoms with Crippen LogP contribution < -0.4 is 5.73 Å². The first-order chi connectivity index (χ1) is 8.63. The third-order valence-electron chi connectivity index (χ3n) is 4.94. The first-order valence-electron chi connectivity index (χ1n) is 7.62. The number of rotatable bonds is 3. The minimum absolute atomic E-state index is 0.424. The van der Waals surface area contributed by atoms with Crippen LogP contribution in [0.1, 0.15) is 46.0 Å². The average Bonchev–Trinajstić information content (AvgIpc) is 2.36. The zero-order valence-corrected chi connectivity index (χ0v) is 12.3. The second-order valence-corrected chi connectivity index (χ2v) is 6.58. The number of nitrogens with zero attached hydrogens (tertiary/aromatic N) is 1. The standard InChI is InChI=1S/C15H30N2O/c1-11-6-12(2)8-13(7-11)17-5-4-15(18-3)9-14(17)10-16/h11-15H,4-10,16H2,1-3H3. The highest BCUT2D eigenvalue weighted by Gasteiger charge is 2.35. The fraction of sp³-hybridized carbons (Fsp3) is 1.00. The summed E-state index contributed by atoms with van der Waals surface area (Å²) in [6.45, 7) is 6.76. The van der Waals surface area contributed by atoms with Crippen LogP contribution in [0.15, 0.2) is 0 Å². The van der Waals surface area contributed by atoms with Gasteiger partial charge in [-0.15, -0.1) is 0 Å². The highest BCUT2D eigenvalue weighted by molar-refractivity contribution is 4.90. The summed E-state index contributed by atoms with van der Waals surface area (Å²) in [5.41, 5.74) is 5.99. The van der Waals surface area contributed by atoms with Crippen molar-refractivity contribution in [2.45, 2.75) is 64.1 Å². The van der Waals surface area contributed by atoms with Crippen LogP contribution in [0.4, 0.5) is 0 Å². The van der Waals surface area contributed by atoms with Gasteiger partial charge in [-0.3, -0.25) is 4.90 Å². The Kier molecular flexibility index (Phi) is 5.05. The molecule has 1 saturated heterocycles. The molecule has 1 aliphatic carbocycles. The molecule has 0 radical (unpaired) electrons. The van der Waals surface area contributed by atoms with Crippen molar-refractivity contribution in [1.82, 2.24) is 4.90 Å². The first-order valence-corrected chi connectivity index (χ1v) is 7.62. The van der Waals surface area contributed by atoms with Gasteiger partial charge in [0.2, 0.25) is 0 Å². The summed E-state index contributed by atoms with van der Waals surface area (Å²) in [7, 11) is 1.83. The SMILES string of the molecule is COC1CCN(C2CC(C)CC(C)C2)C(CN)C1. The van der Waals surface area contributed by atoms with Gasteiger partial charge in [0.25, 0.3) is 0 Å². The lowest BCUT2D eigenvalue weighted by molar-refractivity contribution is -0.0195. The minimum atomic E-state index is 0.424. The predicted octanol–water partition coefficient (Wildman–Crippen LogP) is 2.25. The van der Waals surface area contributed by atoms with Crippen molar-refractivity contribution < 1.29 is 4.74 Å². The summed E-state index contributed by atoms with van der Waals surface area (Å²) in [5.74, 6) is 1.75. The molecule has 0 bridgehead atoms. The normalized spacial score (nSPS) is 43.0. The lowest BCUT2D eigenvalue weighted by Crippen LogP contribution is -2.54. The molecule has 2 fully saturated rings. The van der Waals surface area contributed by atoms with Gasteiger partial charge >= 0.3 is 0 Å². The Morgan fingerprint density at radius 1 is 1.11 bits per heavy atom. The molecule has 0 spiro atoms. The molecule has 0 amide bonds. The van der Waals surface area contributed by atoms with E-state index >= 15 is 0 Å². The maximum atomic E-state index is 5.99. The van der Waals surface area contributed by atoms with Crippen molar-refractivity contribution in [3.63, 3.8) is 0 Å². The van der Waals surface area contributed by atoms with E-state index in [0.717, 1.165) is 30.8 Å². The van der Waals surface area contributed by atoms with E-state index in [2.05, 4.69) is 18.7 Å². The van der Waals surface area contributed by atoms with E-state index in [9.17, 15) is 0 Å². The molecule has 0 aromatic rings. The van der Waals surface area contributed by atoms with Gasteiger partial charge in [-0.2, -0.15) is 0 Å². The molecule has 106 valence electrons. The molecule has 1 aliphatic heterocycles. The Balaban J connectivity index is 1.98. The summed E-state index contributed by atoms with van der Waals surface area (Å²) < 4.78 is 5.52. The van der Waals surface area contributed by atoms with E-state index in [1.165, 1.54) is 32.2 Å². The van der Waals surface area contributed by atoms with Crippen molar-refractivity contribution in [1.29, 1.82) is 0 Å². The Bertz CT molecular complexity index is 249. The van der Waals surface area contributed by atoms with Gasteiger partial charge in [-0.25, -0.2) is 0 Å². The molecule has 3 heteroatoms. The highest BCUT2D eigenvalue weighted by Crippen LogP contribution is 2.34.